The Kier molecular flexibility index (Phi) is 5.58. The van der Waals surface area contributed by atoms with E-state index in [1.165, 1.54) is 17.8 Å². The van der Waals surface area contributed by atoms with E-state index in [0.29, 0.717) is 22.3 Å². The summed E-state index contributed by atoms with van der Waals surface area (Å²) >= 11 is 4.64. The van der Waals surface area contributed by atoms with Crippen molar-refractivity contribution in [1.29, 1.82) is 0 Å². The zero-order valence-electron chi connectivity index (χ0n) is 13.8. The molecule has 1 amide bonds. The monoisotopic (exact) mass is 430 g/mol. The number of thioether (sulfide) groups is 1. The van der Waals surface area contributed by atoms with Crippen LogP contribution in [0.25, 0.3) is 6.08 Å². The molecule has 1 N–H and O–H groups in total. The third kappa shape index (κ3) is 3.89. The standard InChI is InChI=1S/C19H15BrN2O3S/c1-2-22-17(23)16(11-12-7-9-13(20)10-8-12)26-19(22)21-15-6-4-3-5-14(15)18(24)25/h3-11H,2H2,1H3,(H,24,25)/b16-11-,21-19?. The number of carbonyl (C=O) groups is 2. The van der Waals surface area contributed by atoms with Crippen LogP contribution in [0.1, 0.15) is 22.8 Å². The number of carbonyl (C=O) groups excluding carboxylic acids is 1. The average Bonchev–Trinajstić information content (AvgIpc) is 2.92. The highest BCUT2D eigenvalue weighted by molar-refractivity contribution is 9.10. The van der Waals surface area contributed by atoms with E-state index in [9.17, 15) is 14.7 Å². The number of aliphatic imine (C=N–C) groups is 1. The molecule has 0 unspecified atom stereocenters. The van der Waals surface area contributed by atoms with Crippen LogP contribution in [0, 0.1) is 0 Å². The van der Waals surface area contributed by atoms with Crippen molar-refractivity contribution < 1.29 is 14.7 Å². The minimum Gasteiger partial charge on any atom is -0.478 e. The van der Waals surface area contributed by atoms with Crippen LogP contribution in [0.4, 0.5) is 5.69 Å². The van der Waals surface area contributed by atoms with Gasteiger partial charge in [-0.2, -0.15) is 0 Å². The Hall–Kier alpha value is -2.38. The highest BCUT2D eigenvalue weighted by atomic mass is 79.9. The number of carboxylic acids is 1. The molecule has 132 valence electrons. The van der Waals surface area contributed by atoms with Crippen LogP contribution in [-0.4, -0.2) is 33.6 Å². The number of hydrogen-bond acceptors (Lipinski definition) is 4. The molecule has 1 heterocycles. The molecule has 1 aliphatic heterocycles. The fraction of sp³-hybridized carbons (Fsp3) is 0.105. The number of para-hydroxylation sites is 1. The number of nitrogens with zero attached hydrogens (tertiary/aromatic N) is 2. The fourth-order valence-corrected chi connectivity index (χ4v) is 3.76. The average molecular weight is 431 g/mol. The Morgan fingerprint density at radius 2 is 1.92 bits per heavy atom. The lowest BCUT2D eigenvalue weighted by atomic mass is 10.2. The molecule has 5 nitrogen and oxygen atoms in total. The number of hydrogen-bond donors (Lipinski definition) is 1. The van der Waals surface area contributed by atoms with Gasteiger partial charge in [0, 0.05) is 11.0 Å². The number of amides is 1. The lowest BCUT2D eigenvalue weighted by Crippen LogP contribution is -2.28. The maximum atomic E-state index is 12.7. The van der Waals surface area contributed by atoms with Gasteiger partial charge in [-0.15, -0.1) is 0 Å². The summed E-state index contributed by atoms with van der Waals surface area (Å²) in [6.07, 6.45) is 1.81. The molecule has 0 spiro atoms. The van der Waals surface area contributed by atoms with Crippen LogP contribution in [0.5, 0.6) is 0 Å². The van der Waals surface area contributed by atoms with Gasteiger partial charge in [0.1, 0.15) is 0 Å². The Morgan fingerprint density at radius 1 is 1.23 bits per heavy atom. The number of rotatable bonds is 4. The van der Waals surface area contributed by atoms with E-state index < -0.39 is 5.97 Å². The molecule has 7 heteroatoms. The number of benzene rings is 2. The molecule has 0 aromatic heterocycles. The van der Waals surface area contributed by atoms with Crippen molar-refractivity contribution in [2.24, 2.45) is 4.99 Å². The molecule has 1 aliphatic rings. The second-order valence-corrected chi connectivity index (χ2v) is 7.35. The summed E-state index contributed by atoms with van der Waals surface area (Å²) in [6.45, 7) is 2.32. The Balaban J connectivity index is 1.97. The van der Waals surface area contributed by atoms with Crippen LogP contribution in [0.3, 0.4) is 0 Å². The van der Waals surface area contributed by atoms with E-state index in [2.05, 4.69) is 20.9 Å². The van der Waals surface area contributed by atoms with Gasteiger partial charge in [0.05, 0.1) is 16.2 Å². The van der Waals surface area contributed by atoms with E-state index in [1.807, 2.05) is 37.3 Å². The fourth-order valence-electron chi connectivity index (χ4n) is 2.44. The summed E-state index contributed by atoms with van der Waals surface area (Å²) in [6, 6.07) is 14.1. The van der Waals surface area contributed by atoms with E-state index in [4.69, 9.17) is 0 Å². The van der Waals surface area contributed by atoms with Crippen LogP contribution in [-0.2, 0) is 4.79 Å². The molecule has 0 aliphatic carbocycles. The third-order valence-corrected chi connectivity index (χ3v) is 5.26. The molecule has 1 saturated heterocycles. The van der Waals surface area contributed by atoms with Gasteiger partial charge in [-0.05, 0) is 54.6 Å². The third-order valence-electron chi connectivity index (χ3n) is 3.72. The van der Waals surface area contributed by atoms with Gasteiger partial charge >= 0.3 is 5.97 Å². The lowest BCUT2D eigenvalue weighted by molar-refractivity contribution is -0.122. The zero-order chi connectivity index (χ0) is 18.7. The maximum Gasteiger partial charge on any atom is 0.337 e. The normalized spacial score (nSPS) is 17.3. The molecule has 2 aromatic carbocycles. The first kappa shape index (κ1) is 18.4. The topological polar surface area (TPSA) is 70.0 Å². The van der Waals surface area contributed by atoms with Crippen LogP contribution < -0.4 is 0 Å². The van der Waals surface area contributed by atoms with Gasteiger partial charge in [-0.3, -0.25) is 9.69 Å². The van der Waals surface area contributed by atoms with E-state index in [1.54, 1.807) is 23.1 Å². The summed E-state index contributed by atoms with van der Waals surface area (Å²) in [4.78, 5) is 30.6. The second kappa shape index (κ2) is 7.88. The number of carboxylic acid groups (broad SMARTS) is 1. The lowest BCUT2D eigenvalue weighted by Gasteiger charge is -2.12. The first-order valence-electron chi connectivity index (χ1n) is 7.87. The summed E-state index contributed by atoms with van der Waals surface area (Å²) in [5, 5.41) is 9.79. The van der Waals surface area contributed by atoms with Gasteiger partial charge in [0.25, 0.3) is 5.91 Å². The van der Waals surface area contributed by atoms with Crippen LogP contribution in [0.15, 0.2) is 62.9 Å². The highest BCUT2D eigenvalue weighted by Crippen LogP contribution is 2.34. The number of halogens is 1. The maximum absolute atomic E-state index is 12.7. The van der Waals surface area contributed by atoms with Crippen LogP contribution in [0.2, 0.25) is 0 Å². The summed E-state index contributed by atoms with van der Waals surface area (Å²) in [5.41, 5.74) is 1.35. The minimum atomic E-state index is -1.05. The van der Waals surface area contributed by atoms with Crippen molar-refractivity contribution in [3.8, 4) is 0 Å². The van der Waals surface area contributed by atoms with Gasteiger partial charge in [0.2, 0.25) is 0 Å². The van der Waals surface area contributed by atoms with Crippen molar-refractivity contribution >= 4 is 56.5 Å². The summed E-state index contributed by atoms with van der Waals surface area (Å²) < 4.78 is 0.966. The molecule has 2 aromatic rings. The van der Waals surface area contributed by atoms with E-state index in [-0.39, 0.29) is 11.5 Å². The molecule has 3 rings (SSSR count). The number of likely N-dealkylation sites (N-methyl/N-ethyl adjacent to an activating group) is 1. The second-order valence-electron chi connectivity index (χ2n) is 5.43. The molecule has 26 heavy (non-hydrogen) atoms. The predicted molar refractivity (Wildman–Crippen MR) is 108 cm³/mol. The summed E-state index contributed by atoms with van der Waals surface area (Å²) in [7, 11) is 0. The predicted octanol–water partition coefficient (Wildman–Crippen LogP) is 4.77. The van der Waals surface area contributed by atoms with E-state index >= 15 is 0 Å². The SMILES string of the molecule is CCN1C(=O)/C(=C/c2ccc(Br)cc2)SC1=Nc1ccccc1C(=O)O. The molecule has 0 bridgehead atoms. The number of amidine groups is 1. The first-order valence-corrected chi connectivity index (χ1v) is 9.48. The van der Waals surface area contributed by atoms with Gasteiger partial charge in [-0.25, -0.2) is 9.79 Å². The first-order chi connectivity index (χ1) is 12.5. The molecule has 0 atom stereocenters. The molecular formula is C19H15BrN2O3S. The van der Waals surface area contributed by atoms with Gasteiger partial charge in [0.15, 0.2) is 5.17 Å². The van der Waals surface area contributed by atoms with Crippen LogP contribution >= 0.6 is 27.7 Å². The van der Waals surface area contributed by atoms with Crippen molar-refractivity contribution in [2.45, 2.75) is 6.92 Å². The zero-order valence-corrected chi connectivity index (χ0v) is 16.3. The van der Waals surface area contributed by atoms with E-state index in [0.717, 1.165) is 10.0 Å². The van der Waals surface area contributed by atoms with Gasteiger partial charge in [-0.1, -0.05) is 40.2 Å². The summed E-state index contributed by atoms with van der Waals surface area (Å²) in [5.74, 6) is -1.18. The Morgan fingerprint density at radius 3 is 2.58 bits per heavy atom. The van der Waals surface area contributed by atoms with Crippen molar-refractivity contribution in [3.63, 3.8) is 0 Å². The van der Waals surface area contributed by atoms with Crippen molar-refractivity contribution in [3.05, 3.63) is 69.0 Å². The molecular weight excluding hydrogens is 416 g/mol. The quantitative estimate of drug-likeness (QED) is 0.708. The van der Waals surface area contributed by atoms with Crippen molar-refractivity contribution in [1.82, 2.24) is 4.90 Å². The Labute approximate surface area is 163 Å². The smallest absolute Gasteiger partial charge is 0.337 e. The van der Waals surface area contributed by atoms with Gasteiger partial charge < -0.3 is 5.11 Å². The number of aromatic carboxylic acids is 1. The molecule has 1 fully saturated rings. The molecule has 0 saturated carbocycles. The molecule has 0 radical (unpaired) electrons. The highest BCUT2D eigenvalue weighted by Gasteiger charge is 2.32. The Bertz CT molecular complexity index is 923. The largest absolute Gasteiger partial charge is 0.478 e. The van der Waals surface area contributed by atoms with Crippen molar-refractivity contribution in [2.75, 3.05) is 6.54 Å². The minimum absolute atomic E-state index is 0.106.